The Morgan fingerprint density at radius 1 is 1.05 bits per heavy atom. The van der Waals surface area contributed by atoms with Crippen LogP contribution in [0.3, 0.4) is 0 Å². The topological polar surface area (TPSA) is 38.9 Å². The van der Waals surface area contributed by atoms with Gasteiger partial charge in [0.15, 0.2) is 0 Å². The molecule has 0 spiro atoms. The molecule has 3 aromatic rings. The fraction of sp³-hybridized carbons (Fsp3) is 0.0625. The zero-order chi connectivity index (χ0) is 13.2. The van der Waals surface area contributed by atoms with Gasteiger partial charge in [-0.3, -0.25) is 4.98 Å². The van der Waals surface area contributed by atoms with Gasteiger partial charge >= 0.3 is 0 Å². The minimum atomic E-state index is -0.264. The largest absolute Gasteiger partial charge is 0.326 e. The van der Waals surface area contributed by atoms with Crippen LogP contribution in [0.15, 0.2) is 54.7 Å². The summed E-state index contributed by atoms with van der Waals surface area (Å²) in [6.45, 7) is 0.192. The van der Waals surface area contributed by atoms with E-state index in [0.717, 1.165) is 22.0 Å². The van der Waals surface area contributed by atoms with Crippen molar-refractivity contribution in [2.75, 3.05) is 0 Å². The van der Waals surface area contributed by atoms with Crippen LogP contribution in [0.25, 0.3) is 22.0 Å². The Labute approximate surface area is 110 Å². The molecule has 94 valence electrons. The summed E-state index contributed by atoms with van der Waals surface area (Å²) >= 11 is 0. The molecule has 0 aliphatic heterocycles. The summed E-state index contributed by atoms with van der Waals surface area (Å²) in [4.78, 5) is 4.41. The van der Waals surface area contributed by atoms with E-state index in [1.807, 2.05) is 30.3 Å². The van der Waals surface area contributed by atoms with Crippen molar-refractivity contribution in [1.82, 2.24) is 4.98 Å². The summed E-state index contributed by atoms with van der Waals surface area (Å²) in [6.07, 6.45) is 1.76. The van der Waals surface area contributed by atoms with E-state index in [1.165, 1.54) is 6.07 Å². The maximum absolute atomic E-state index is 13.5. The SMILES string of the molecule is NCc1cc(-c2cccc3cccnc23)ccc1F. The van der Waals surface area contributed by atoms with E-state index in [1.54, 1.807) is 18.3 Å². The molecule has 2 nitrogen and oxygen atoms in total. The third-order valence-electron chi connectivity index (χ3n) is 3.21. The second-order valence-corrected chi connectivity index (χ2v) is 4.39. The second-order valence-electron chi connectivity index (χ2n) is 4.39. The zero-order valence-corrected chi connectivity index (χ0v) is 10.3. The smallest absolute Gasteiger partial charge is 0.127 e. The number of rotatable bonds is 2. The Balaban J connectivity index is 2.24. The molecule has 3 heteroatoms. The molecule has 0 aliphatic carbocycles. The molecule has 19 heavy (non-hydrogen) atoms. The Morgan fingerprint density at radius 2 is 1.89 bits per heavy atom. The van der Waals surface area contributed by atoms with Gasteiger partial charge in [0.25, 0.3) is 0 Å². The fourth-order valence-electron chi connectivity index (χ4n) is 2.24. The first kappa shape index (κ1) is 11.8. The molecule has 2 N–H and O–H groups in total. The van der Waals surface area contributed by atoms with Crippen molar-refractivity contribution < 1.29 is 4.39 Å². The molecule has 0 fully saturated rings. The first-order valence-electron chi connectivity index (χ1n) is 6.12. The average molecular weight is 252 g/mol. The summed E-state index contributed by atoms with van der Waals surface area (Å²) < 4.78 is 13.5. The predicted molar refractivity (Wildman–Crippen MR) is 75.0 cm³/mol. The lowest BCUT2D eigenvalue weighted by atomic mass is 10.00. The standard InChI is InChI=1S/C16H13FN2/c17-15-7-6-12(9-13(15)10-18)14-5-1-3-11-4-2-8-19-16(11)14/h1-9H,10,18H2. The number of aromatic nitrogens is 1. The van der Waals surface area contributed by atoms with E-state index in [9.17, 15) is 4.39 Å². The molecule has 0 saturated carbocycles. The lowest BCUT2D eigenvalue weighted by molar-refractivity contribution is 0.611. The van der Waals surface area contributed by atoms with Crippen LogP contribution in [0.1, 0.15) is 5.56 Å². The minimum Gasteiger partial charge on any atom is -0.326 e. The molecule has 2 aromatic carbocycles. The number of halogens is 1. The second kappa shape index (κ2) is 4.78. The summed E-state index contributed by atoms with van der Waals surface area (Å²) in [5.41, 5.74) is 8.92. The van der Waals surface area contributed by atoms with Gasteiger partial charge in [-0.25, -0.2) is 4.39 Å². The highest BCUT2D eigenvalue weighted by molar-refractivity contribution is 5.93. The molecule has 0 amide bonds. The summed E-state index contributed by atoms with van der Waals surface area (Å²) in [7, 11) is 0. The Morgan fingerprint density at radius 3 is 2.74 bits per heavy atom. The van der Waals surface area contributed by atoms with Crippen molar-refractivity contribution in [1.29, 1.82) is 0 Å². The fourth-order valence-corrected chi connectivity index (χ4v) is 2.24. The van der Waals surface area contributed by atoms with Gasteiger partial charge in [-0.15, -0.1) is 0 Å². The normalized spacial score (nSPS) is 10.8. The van der Waals surface area contributed by atoms with Crippen LogP contribution in [-0.2, 0) is 6.54 Å². The molecule has 0 aliphatic rings. The lowest BCUT2D eigenvalue weighted by Gasteiger charge is -2.08. The third kappa shape index (κ3) is 2.09. The molecule has 0 atom stereocenters. The number of pyridine rings is 1. The minimum absolute atomic E-state index is 0.192. The van der Waals surface area contributed by atoms with Crippen molar-refractivity contribution in [3.63, 3.8) is 0 Å². The van der Waals surface area contributed by atoms with Crippen molar-refractivity contribution in [3.05, 3.63) is 66.1 Å². The number of para-hydroxylation sites is 1. The van der Waals surface area contributed by atoms with Gasteiger partial charge in [-0.2, -0.15) is 0 Å². The van der Waals surface area contributed by atoms with E-state index in [4.69, 9.17) is 5.73 Å². The number of nitrogens with zero attached hydrogens (tertiary/aromatic N) is 1. The van der Waals surface area contributed by atoms with Gasteiger partial charge in [0.1, 0.15) is 5.82 Å². The van der Waals surface area contributed by atoms with E-state index < -0.39 is 0 Å². The van der Waals surface area contributed by atoms with Crippen LogP contribution in [0.4, 0.5) is 4.39 Å². The molecular formula is C16H13FN2. The number of nitrogens with two attached hydrogens (primary N) is 1. The van der Waals surface area contributed by atoms with Gasteiger partial charge < -0.3 is 5.73 Å². The van der Waals surface area contributed by atoms with Crippen molar-refractivity contribution in [2.24, 2.45) is 5.73 Å². The van der Waals surface area contributed by atoms with Gasteiger partial charge in [0.05, 0.1) is 5.52 Å². The summed E-state index contributed by atoms with van der Waals surface area (Å²) in [5.74, 6) is -0.264. The predicted octanol–water partition coefficient (Wildman–Crippen LogP) is 3.50. The number of hydrogen-bond acceptors (Lipinski definition) is 2. The van der Waals surface area contributed by atoms with Crippen LogP contribution in [0.5, 0.6) is 0 Å². The van der Waals surface area contributed by atoms with Crippen LogP contribution in [0.2, 0.25) is 0 Å². The Hall–Kier alpha value is -2.26. The van der Waals surface area contributed by atoms with Crippen LogP contribution in [-0.4, -0.2) is 4.98 Å². The molecule has 3 rings (SSSR count). The summed E-state index contributed by atoms with van der Waals surface area (Å²) in [6, 6.07) is 14.9. The van der Waals surface area contributed by atoms with Gasteiger partial charge in [-0.1, -0.05) is 30.3 Å². The molecule has 1 aromatic heterocycles. The molecule has 1 heterocycles. The lowest BCUT2D eigenvalue weighted by Crippen LogP contribution is -2.00. The molecule has 0 saturated heterocycles. The van der Waals surface area contributed by atoms with Gasteiger partial charge in [0.2, 0.25) is 0 Å². The molecule has 0 unspecified atom stereocenters. The maximum atomic E-state index is 13.5. The van der Waals surface area contributed by atoms with Gasteiger partial charge in [-0.05, 0) is 23.8 Å². The quantitative estimate of drug-likeness (QED) is 0.758. The Bertz CT molecular complexity index is 732. The van der Waals surface area contributed by atoms with Crippen LogP contribution < -0.4 is 5.73 Å². The monoisotopic (exact) mass is 252 g/mol. The van der Waals surface area contributed by atoms with Gasteiger partial charge in [0, 0.05) is 29.3 Å². The van der Waals surface area contributed by atoms with E-state index in [0.29, 0.717) is 5.56 Å². The highest BCUT2D eigenvalue weighted by atomic mass is 19.1. The van der Waals surface area contributed by atoms with Crippen molar-refractivity contribution in [2.45, 2.75) is 6.54 Å². The number of hydrogen-bond donors (Lipinski definition) is 1. The van der Waals surface area contributed by atoms with E-state index >= 15 is 0 Å². The number of fused-ring (bicyclic) bond motifs is 1. The Kier molecular flexibility index (Phi) is 2.97. The van der Waals surface area contributed by atoms with Crippen LogP contribution >= 0.6 is 0 Å². The highest BCUT2D eigenvalue weighted by Crippen LogP contribution is 2.28. The summed E-state index contributed by atoms with van der Waals surface area (Å²) in [5, 5.41) is 1.07. The van der Waals surface area contributed by atoms with E-state index in [-0.39, 0.29) is 12.4 Å². The maximum Gasteiger partial charge on any atom is 0.127 e. The zero-order valence-electron chi connectivity index (χ0n) is 10.3. The average Bonchev–Trinajstić information content (AvgIpc) is 2.47. The van der Waals surface area contributed by atoms with Crippen molar-refractivity contribution in [3.8, 4) is 11.1 Å². The van der Waals surface area contributed by atoms with Crippen LogP contribution in [0, 0.1) is 5.82 Å². The van der Waals surface area contributed by atoms with Crippen molar-refractivity contribution >= 4 is 10.9 Å². The molecule has 0 radical (unpaired) electrons. The molecule has 0 bridgehead atoms. The first-order valence-corrected chi connectivity index (χ1v) is 6.12. The third-order valence-corrected chi connectivity index (χ3v) is 3.21. The highest BCUT2D eigenvalue weighted by Gasteiger charge is 2.07. The number of benzene rings is 2. The molecular weight excluding hydrogens is 239 g/mol. The van der Waals surface area contributed by atoms with E-state index in [2.05, 4.69) is 4.98 Å². The first-order chi connectivity index (χ1) is 9.29.